The molecule has 1 atom stereocenters. The fourth-order valence-corrected chi connectivity index (χ4v) is 2.70. The molecule has 0 N–H and O–H groups in total. The second-order valence-electron chi connectivity index (χ2n) is 4.81. The Hall–Kier alpha value is -1.04. The van der Waals surface area contributed by atoms with E-state index >= 15 is 0 Å². The highest BCUT2D eigenvalue weighted by Gasteiger charge is 2.28. The standard InChI is InChI=1S/C12H18N2O/c13-7-11-5-6-12(15)14(9-11)8-10-3-1-2-4-10/h10-11H,1-6,8-9H2. The maximum atomic E-state index is 11.7. The minimum absolute atomic E-state index is 0.0732. The number of likely N-dealkylation sites (tertiary alicyclic amines) is 1. The number of hydrogen-bond donors (Lipinski definition) is 0. The molecule has 82 valence electrons. The summed E-state index contributed by atoms with van der Waals surface area (Å²) in [7, 11) is 0. The average Bonchev–Trinajstić information content (AvgIpc) is 2.74. The van der Waals surface area contributed by atoms with Crippen molar-refractivity contribution in [1.82, 2.24) is 4.90 Å². The van der Waals surface area contributed by atoms with E-state index in [1.54, 1.807) is 0 Å². The number of piperidine rings is 1. The zero-order valence-corrected chi connectivity index (χ0v) is 9.11. The van der Waals surface area contributed by atoms with Crippen LogP contribution in [0.3, 0.4) is 0 Å². The van der Waals surface area contributed by atoms with Crippen LogP contribution in [0.1, 0.15) is 38.5 Å². The first-order valence-electron chi connectivity index (χ1n) is 5.97. The molecule has 3 nitrogen and oxygen atoms in total. The minimum Gasteiger partial charge on any atom is -0.341 e. The van der Waals surface area contributed by atoms with Crippen LogP contribution in [-0.2, 0) is 4.79 Å². The maximum absolute atomic E-state index is 11.7. The molecule has 0 radical (unpaired) electrons. The summed E-state index contributed by atoms with van der Waals surface area (Å²) in [5.74, 6) is 1.03. The maximum Gasteiger partial charge on any atom is 0.222 e. The van der Waals surface area contributed by atoms with Gasteiger partial charge in [0, 0.05) is 19.5 Å². The smallest absolute Gasteiger partial charge is 0.222 e. The summed E-state index contributed by atoms with van der Waals surface area (Å²) in [6, 6.07) is 2.29. The normalized spacial score (nSPS) is 28.1. The fourth-order valence-electron chi connectivity index (χ4n) is 2.70. The molecule has 0 spiro atoms. The monoisotopic (exact) mass is 206 g/mol. The van der Waals surface area contributed by atoms with E-state index in [9.17, 15) is 4.79 Å². The molecule has 2 aliphatic rings. The van der Waals surface area contributed by atoms with Crippen molar-refractivity contribution in [2.24, 2.45) is 11.8 Å². The van der Waals surface area contributed by atoms with Gasteiger partial charge in [0.1, 0.15) is 0 Å². The number of amides is 1. The van der Waals surface area contributed by atoms with Crippen molar-refractivity contribution >= 4 is 5.91 Å². The van der Waals surface area contributed by atoms with Crippen LogP contribution in [0.25, 0.3) is 0 Å². The van der Waals surface area contributed by atoms with Crippen LogP contribution < -0.4 is 0 Å². The molecule has 2 fully saturated rings. The highest BCUT2D eigenvalue weighted by Crippen LogP contribution is 2.27. The third kappa shape index (κ3) is 2.50. The minimum atomic E-state index is 0.0732. The molecular formula is C12H18N2O. The lowest BCUT2D eigenvalue weighted by Gasteiger charge is -2.31. The van der Waals surface area contributed by atoms with Gasteiger partial charge in [-0.05, 0) is 25.2 Å². The Morgan fingerprint density at radius 1 is 1.33 bits per heavy atom. The van der Waals surface area contributed by atoms with Crippen LogP contribution in [0.4, 0.5) is 0 Å². The second-order valence-corrected chi connectivity index (χ2v) is 4.81. The van der Waals surface area contributed by atoms with Crippen LogP contribution in [0.2, 0.25) is 0 Å². The van der Waals surface area contributed by atoms with E-state index in [0.717, 1.165) is 13.0 Å². The largest absolute Gasteiger partial charge is 0.341 e. The number of carbonyl (C=O) groups is 1. The molecule has 1 unspecified atom stereocenters. The number of carbonyl (C=O) groups excluding carboxylic acids is 1. The predicted molar refractivity (Wildman–Crippen MR) is 56.9 cm³/mol. The van der Waals surface area contributed by atoms with Crippen LogP contribution in [0.5, 0.6) is 0 Å². The van der Waals surface area contributed by atoms with E-state index in [0.29, 0.717) is 18.9 Å². The van der Waals surface area contributed by atoms with E-state index < -0.39 is 0 Å². The van der Waals surface area contributed by atoms with E-state index in [-0.39, 0.29) is 11.8 Å². The van der Waals surface area contributed by atoms with E-state index in [4.69, 9.17) is 5.26 Å². The first-order valence-corrected chi connectivity index (χ1v) is 5.97. The molecular weight excluding hydrogens is 188 g/mol. The molecule has 1 saturated carbocycles. The van der Waals surface area contributed by atoms with Gasteiger partial charge in [0.05, 0.1) is 12.0 Å². The van der Waals surface area contributed by atoms with Crippen LogP contribution in [0, 0.1) is 23.2 Å². The molecule has 2 rings (SSSR count). The molecule has 3 heteroatoms. The predicted octanol–water partition coefficient (Wildman–Crippen LogP) is 1.94. The summed E-state index contributed by atoms with van der Waals surface area (Å²) < 4.78 is 0. The Kier molecular flexibility index (Phi) is 3.25. The fraction of sp³-hybridized carbons (Fsp3) is 0.833. The number of rotatable bonds is 2. The van der Waals surface area contributed by atoms with Crippen molar-refractivity contribution in [3.05, 3.63) is 0 Å². The first-order chi connectivity index (χ1) is 7.29. The molecule has 1 heterocycles. The van der Waals surface area contributed by atoms with Crippen molar-refractivity contribution in [2.45, 2.75) is 38.5 Å². The summed E-state index contributed by atoms with van der Waals surface area (Å²) in [5, 5.41) is 8.87. The van der Waals surface area contributed by atoms with Gasteiger partial charge in [0.15, 0.2) is 0 Å². The Bertz CT molecular complexity index is 276. The van der Waals surface area contributed by atoms with Gasteiger partial charge >= 0.3 is 0 Å². The molecule has 0 bridgehead atoms. The molecule has 0 aromatic carbocycles. The van der Waals surface area contributed by atoms with Crippen molar-refractivity contribution in [2.75, 3.05) is 13.1 Å². The van der Waals surface area contributed by atoms with Gasteiger partial charge in [-0.15, -0.1) is 0 Å². The molecule has 0 aromatic rings. The quantitative estimate of drug-likeness (QED) is 0.693. The van der Waals surface area contributed by atoms with E-state index in [1.807, 2.05) is 4.90 Å². The molecule has 15 heavy (non-hydrogen) atoms. The average molecular weight is 206 g/mol. The Morgan fingerprint density at radius 3 is 2.73 bits per heavy atom. The van der Waals surface area contributed by atoms with Crippen molar-refractivity contribution in [1.29, 1.82) is 5.26 Å². The van der Waals surface area contributed by atoms with Gasteiger partial charge in [0.25, 0.3) is 0 Å². The SMILES string of the molecule is N#CC1CCC(=O)N(CC2CCCC2)C1. The number of nitrogens with zero attached hydrogens (tertiary/aromatic N) is 2. The summed E-state index contributed by atoms with van der Waals surface area (Å²) in [6.45, 7) is 1.57. The highest BCUT2D eigenvalue weighted by molar-refractivity contribution is 5.77. The van der Waals surface area contributed by atoms with Crippen LogP contribution in [0.15, 0.2) is 0 Å². The summed E-state index contributed by atoms with van der Waals surface area (Å²) in [4.78, 5) is 13.6. The summed E-state index contributed by atoms with van der Waals surface area (Å²) >= 11 is 0. The summed E-state index contributed by atoms with van der Waals surface area (Å²) in [5.41, 5.74) is 0. The van der Waals surface area contributed by atoms with Gasteiger partial charge in [-0.2, -0.15) is 5.26 Å². The van der Waals surface area contributed by atoms with Gasteiger partial charge in [-0.3, -0.25) is 4.79 Å². The number of hydrogen-bond acceptors (Lipinski definition) is 2. The van der Waals surface area contributed by atoms with Gasteiger partial charge in [-0.25, -0.2) is 0 Å². The Labute approximate surface area is 91.1 Å². The van der Waals surface area contributed by atoms with Crippen molar-refractivity contribution in [3.63, 3.8) is 0 Å². The first kappa shape index (κ1) is 10.5. The lowest BCUT2D eigenvalue weighted by molar-refractivity contribution is -0.134. The molecule has 1 saturated heterocycles. The summed E-state index contributed by atoms with van der Waals surface area (Å²) in [6.07, 6.45) is 6.49. The highest BCUT2D eigenvalue weighted by atomic mass is 16.2. The lowest BCUT2D eigenvalue weighted by atomic mass is 9.97. The molecule has 1 aliphatic carbocycles. The van der Waals surface area contributed by atoms with Gasteiger partial charge in [-0.1, -0.05) is 12.8 Å². The van der Waals surface area contributed by atoms with Crippen molar-refractivity contribution in [3.8, 4) is 6.07 Å². The molecule has 0 aromatic heterocycles. The van der Waals surface area contributed by atoms with Crippen LogP contribution in [-0.4, -0.2) is 23.9 Å². The van der Waals surface area contributed by atoms with Gasteiger partial charge in [0.2, 0.25) is 5.91 Å². The molecule has 1 amide bonds. The second kappa shape index (κ2) is 4.65. The van der Waals surface area contributed by atoms with E-state index in [1.165, 1.54) is 25.7 Å². The van der Waals surface area contributed by atoms with Crippen LogP contribution >= 0.6 is 0 Å². The zero-order valence-electron chi connectivity index (χ0n) is 9.11. The van der Waals surface area contributed by atoms with Gasteiger partial charge < -0.3 is 4.90 Å². The third-order valence-electron chi connectivity index (χ3n) is 3.64. The zero-order chi connectivity index (χ0) is 10.7. The Balaban J connectivity index is 1.88. The lowest BCUT2D eigenvalue weighted by Crippen LogP contribution is -2.41. The number of nitriles is 1. The van der Waals surface area contributed by atoms with E-state index in [2.05, 4.69) is 6.07 Å². The third-order valence-corrected chi connectivity index (χ3v) is 3.64. The molecule has 1 aliphatic heterocycles. The van der Waals surface area contributed by atoms with Crippen molar-refractivity contribution < 1.29 is 4.79 Å². The Morgan fingerprint density at radius 2 is 2.07 bits per heavy atom. The topological polar surface area (TPSA) is 44.1 Å².